The third kappa shape index (κ3) is 3.85. The first-order valence-corrected chi connectivity index (χ1v) is 12.3. The summed E-state index contributed by atoms with van der Waals surface area (Å²) in [5.74, 6) is 2.42. The molecule has 0 bridgehead atoms. The molecule has 3 aliphatic heterocycles. The lowest BCUT2D eigenvalue weighted by Crippen LogP contribution is -2.73. The molecule has 11 heteroatoms. The van der Waals surface area contributed by atoms with Crippen molar-refractivity contribution in [1.82, 2.24) is 29.6 Å². The molecule has 10 nitrogen and oxygen atoms in total. The van der Waals surface area contributed by atoms with Gasteiger partial charge in [0.25, 0.3) is 0 Å². The number of fused-ring (bicyclic) bond motifs is 3. The van der Waals surface area contributed by atoms with Gasteiger partial charge in [0.15, 0.2) is 5.82 Å². The Kier molecular flexibility index (Phi) is 5.28. The zero-order chi connectivity index (χ0) is 24.2. The monoisotopic (exact) mass is 494 g/mol. The van der Waals surface area contributed by atoms with Crippen molar-refractivity contribution in [1.29, 1.82) is 0 Å². The van der Waals surface area contributed by atoms with E-state index in [1.54, 1.807) is 17.3 Å². The van der Waals surface area contributed by atoms with Crippen LogP contribution in [-0.2, 0) is 17.8 Å². The average molecular weight is 495 g/mol. The van der Waals surface area contributed by atoms with Crippen LogP contribution in [0.3, 0.4) is 0 Å². The van der Waals surface area contributed by atoms with Gasteiger partial charge in [0.05, 0.1) is 25.0 Å². The molecular formula is C24H27ClN8O2. The fraction of sp³-hybridized carbons (Fsp3) is 0.458. The Hall–Kier alpha value is -3.40. The van der Waals surface area contributed by atoms with Gasteiger partial charge in [-0.3, -0.25) is 14.5 Å². The minimum atomic E-state index is -0.357. The lowest BCUT2D eigenvalue weighted by atomic mass is 9.73. The number of anilines is 2. The van der Waals surface area contributed by atoms with Crippen molar-refractivity contribution in [2.75, 3.05) is 36.0 Å². The maximum Gasteiger partial charge on any atom is 0.410 e. The fourth-order valence-corrected chi connectivity index (χ4v) is 5.33. The van der Waals surface area contributed by atoms with Gasteiger partial charge in [0.2, 0.25) is 5.95 Å². The van der Waals surface area contributed by atoms with E-state index >= 15 is 0 Å². The van der Waals surface area contributed by atoms with E-state index in [2.05, 4.69) is 34.5 Å². The van der Waals surface area contributed by atoms with Gasteiger partial charge in [-0.1, -0.05) is 18.5 Å². The van der Waals surface area contributed by atoms with Crippen molar-refractivity contribution in [3.63, 3.8) is 0 Å². The first kappa shape index (κ1) is 22.1. The van der Waals surface area contributed by atoms with Crippen LogP contribution < -0.4 is 9.80 Å². The maximum absolute atomic E-state index is 12.9. The summed E-state index contributed by atoms with van der Waals surface area (Å²) in [6.45, 7) is 8.28. The molecule has 3 aromatic rings. The lowest BCUT2D eigenvalue weighted by molar-refractivity contribution is 0.0637. The molecule has 1 aromatic carbocycles. The highest BCUT2D eigenvalue weighted by Crippen LogP contribution is 2.43. The number of aromatic nitrogens is 5. The zero-order valence-electron chi connectivity index (χ0n) is 19.8. The Bertz CT molecular complexity index is 1250. The minimum absolute atomic E-state index is 0.154. The van der Waals surface area contributed by atoms with Crippen LogP contribution in [0.4, 0.5) is 16.6 Å². The van der Waals surface area contributed by atoms with Crippen molar-refractivity contribution in [2.24, 2.45) is 5.41 Å². The van der Waals surface area contributed by atoms with E-state index in [-0.39, 0.29) is 17.6 Å². The Morgan fingerprint density at radius 2 is 1.94 bits per heavy atom. The number of halogens is 1. The van der Waals surface area contributed by atoms with Crippen LogP contribution in [0.5, 0.6) is 0 Å². The normalized spacial score (nSPS) is 18.8. The number of hydrogen-bond donors (Lipinski definition) is 0. The molecule has 1 atom stereocenters. The van der Waals surface area contributed by atoms with E-state index in [1.165, 1.54) is 0 Å². The van der Waals surface area contributed by atoms with E-state index in [0.29, 0.717) is 23.9 Å². The number of ether oxygens (including phenoxy) is 1. The molecule has 2 saturated heterocycles. The molecule has 0 aliphatic carbocycles. The molecule has 1 spiro atoms. The first-order valence-electron chi connectivity index (χ1n) is 11.9. The quantitative estimate of drug-likeness (QED) is 0.545. The molecule has 3 aliphatic rings. The summed E-state index contributed by atoms with van der Waals surface area (Å²) in [5.41, 5.74) is 2.11. The summed E-state index contributed by atoms with van der Waals surface area (Å²) in [4.78, 5) is 27.7. The zero-order valence-corrected chi connectivity index (χ0v) is 20.5. The summed E-state index contributed by atoms with van der Waals surface area (Å²) < 4.78 is 7.67. The highest BCUT2D eigenvalue weighted by atomic mass is 35.5. The summed E-state index contributed by atoms with van der Waals surface area (Å²) in [6.07, 6.45) is 5.47. The van der Waals surface area contributed by atoms with Crippen LogP contribution >= 0.6 is 11.6 Å². The number of benzene rings is 1. The second-order valence-electron chi connectivity index (χ2n) is 9.76. The number of carbonyl (C=O) groups excluding carboxylic acids is 1. The molecule has 0 saturated carbocycles. The van der Waals surface area contributed by atoms with Crippen LogP contribution in [0.15, 0.2) is 36.8 Å². The van der Waals surface area contributed by atoms with Crippen LogP contribution in [0.25, 0.3) is 5.69 Å². The molecule has 6 rings (SSSR count). The second kappa shape index (κ2) is 8.37. The molecular weight excluding hydrogens is 468 g/mol. The summed E-state index contributed by atoms with van der Waals surface area (Å²) in [7, 11) is 0. The molecule has 1 amide bonds. The average Bonchev–Trinajstić information content (AvgIpc) is 3.12. The van der Waals surface area contributed by atoms with Gasteiger partial charge in [-0.25, -0.2) is 9.78 Å². The van der Waals surface area contributed by atoms with E-state index in [1.807, 2.05) is 38.2 Å². The predicted molar refractivity (Wildman–Crippen MR) is 131 cm³/mol. The molecule has 0 radical (unpaired) electrons. The van der Waals surface area contributed by atoms with Gasteiger partial charge < -0.3 is 14.5 Å². The van der Waals surface area contributed by atoms with Gasteiger partial charge in [-0.05, 0) is 37.1 Å². The van der Waals surface area contributed by atoms with E-state index in [9.17, 15) is 4.79 Å². The van der Waals surface area contributed by atoms with E-state index in [0.717, 1.165) is 55.6 Å². The fourth-order valence-electron chi connectivity index (χ4n) is 5.14. The van der Waals surface area contributed by atoms with Crippen molar-refractivity contribution in [3.8, 4) is 5.69 Å². The lowest BCUT2D eigenvalue weighted by Gasteiger charge is -2.60. The number of nitrogens with zero attached hydrogens (tertiary/aromatic N) is 8. The van der Waals surface area contributed by atoms with Crippen molar-refractivity contribution >= 4 is 29.5 Å². The number of hydrogen-bond acceptors (Lipinski definition) is 8. The number of rotatable bonds is 4. The Balaban J connectivity index is 1.24. The van der Waals surface area contributed by atoms with Crippen LogP contribution in [0, 0.1) is 5.41 Å². The molecule has 35 heavy (non-hydrogen) atoms. The highest BCUT2D eigenvalue weighted by molar-refractivity contribution is 6.30. The topological polar surface area (TPSA) is 92.5 Å². The molecule has 182 valence electrons. The smallest absolute Gasteiger partial charge is 0.410 e. The summed E-state index contributed by atoms with van der Waals surface area (Å²) in [6, 6.07) is 5.75. The number of amides is 1. The molecule has 2 aromatic heterocycles. The third-order valence-electron chi connectivity index (χ3n) is 7.09. The standard InChI is InChI=1S/C24H27ClN8O2/c1-3-16(2)35-23(34)30-10-17-8-18(25)4-5-19(17)33-21(11-30)28-29-22(33)32-14-24(15-32)12-31(13-24)20-9-26-6-7-27-20/h4-9,16H,3,10-15H2,1-2H3/t16-/m1/s1. The molecule has 5 heterocycles. The minimum Gasteiger partial charge on any atom is -0.446 e. The SMILES string of the molecule is CC[C@@H](C)OC(=O)N1Cc2cc(Cl)ccc2-n2c(nnc2N2CC3(CN(c4cnccn4)C3)C2)C1. The first-order chi connectivity index (χ1) is 16.9. The molecule has 0 unspecified atom stereocenters. The summed E-state index contributed by atoms with van der Waals surface area (Å²) in [5, 5.41) is 9.66. The third-order valence-corrected chi connectivity index (χ3v) is 7.32. The van der Waals surface area contributed by atoms with Gasteiger partial charge in [-0.2, -0.15) is 0 Å². The Morgan fingerprint density at radius 1 is 1.14 bits per heavy atom. The van der Waals surface area contributed by atoms with Crippen molar-refractivity contribution < 1.29 is 9.53 Å². The van der Waals surface area contributed by atoms with E-state index < -0.39 is 0 Å². The summed E-state index contributed by atoms with van der Waals surface area (Å²) >= 11 is 6.33. The van der Waals surface area contributed by atoms with Crippen LogP contribution in [0.2, 0.25) is 5.02 Å². The number of carbonyl (C=O) groups is 1. The van der Waals surface area contributed by atoms with Gasteiger partial charge >= 0.3 is 6.09 Å². The van der Waals surface area contributed by atoms with Gasteiger partial charge in [0.1, 0.15) is 11.9 Å². The second-order valence-corrected chi connectivity index (χ2v) is 10.2. The largest absolute Gasteiger partial charge is 0.446 e. The molecule has 2 fully saturated rings. The van der Waals surface area contributed by atoms with Crippen LogP contribution in [-0.4, -0.2) is 68.0 Å². The van der Waals surface area contributed by atoms with Crippen molar-refractivity contribution in [3.05, 3.63) is 53.2 Å². The van der Waals surface area contributed by atoms with Crippen LogP contribution in [0.1, 0.15) is 31.7 Å². The Morgan fingerprint density at radius 3 is 2.69 bits per heavy atom. The predicted octanol–water partition coefficient (Wildman–Crippen LogP) is 3.29. The maximum atomic E-state index is 12.9. The highest BCUT2D eigenvalue weighted by Gasteiger charge is 2.53. The molecule has 0 N–H and O–H groups in total. The van der Waals surface area contributed by atoms with E-state index in [4.69, 9.17) is 16.3 Å². The van der Waals surface area contributed by atoms with Gasteiger partial charge in [-0.15, -0.1) is 10.2 Å². The Labute approximate surface area is 208 Å². The van der Waals surface area contributed by atoms with Crippen molar-refractivity contribution in [2.45, 2.75) is 39.5 Å². The van der Waals surface area contributed by atoms with Gasteiger partial charge in [0, 0.05) is 49.0 Å².